The molecule has 1 aromatic carbocycles. The van der Waals surface area contributed by atoms with Crippen LogP contribution in [0.15, 0.2) is 27.5 Å². The number of benzene rings is 1. The van der Waals surface area contributed by atoms with Crippen LogP contribution in [-0.4, -0.2) is 27.7 Å². The molecule has 1 aromatic heterocycles. The Balaban J connectivity index is 2.74. The molecule has 0 atom stereocenters. The summed E-state index contributed by atoms with van der Waals surface area (Å²) in [6.07, 6.45) is 0. The van der Waals surface area contributed by atoms with Crippen LogP contribution in [0.25, 0.3) is 10.8 Å². The highest BCUT2D eigenvalue weighted by Gasteiger charge is 2.13. The number of carboxylic acid groups (broad SMARTS) is 1. The summed E-state index contributed by atoms with van der Waals surface area (Å²) in [6, 6.07) is 4.67. The lowest BCUT2D eigenvalue weighted by Gasteiger charge is -2.09. The normalized spacial score (nSPS) is 10.6. The van der Waals surface area contributed by atoms with Crippen LogP contribution in [0.3, 0.4) is 0 Å². The molecule has 8 heteroatoms. The Morgan fingerprint density at radius 2 is 2.21 bits per heavy atom. The average Bonchev–Trinajstić information content (AvgIpc) is 2.34. The van der Waals surface area contributed by atoms with Crippen LogP contribution < -0.4 is 10.3 Å². The van der Waals surface area contributed by atoms with Crippen molar-refractivity contribution in [2.45, 2.75) is 6.54 Å². The lowest BCUT2D eigenvalue weighted by Crippen LogP contribution is -2.27. The van der Waals surface area contributed by atoms with Crippen molar-refractivity contribution >= 4 is 32.7 Å². The molecule has 1 heterocycles. The first-order valence-corrected chi connectivity index (χ1v) is 5.93. The first-order chi connectivity index (χ1) is 9.02. The van der Waals surface area contributed by atoms with Crippen LogP contribution in [0, 0.1) is 0 Å². The van der Waals surface area contributed by atoms with Gasteiger partial charge in [-0.1, -0.05) is 15.9 Å². The maximum atomic E-state index is 12.3. The van der Waals surface area contributed by atoms with E-state index in [1.165, 1.54) is 6.07 Å². The second kappa shape index (κ2) is 5.35. The fraction of sp³-hybridized carbons (Fsp3) is 0.182. The molecule has 0 radical (unpaired) electrons. The molecule has 6 nitrogen and oxygen atoms in total. The summed E-state index contributed by atoms with van der Waals surface area (Å²) in [7, 11) is 0. The minimum absolute atomic E-state index is 0.125. The maximum Gasteiger partial charge on any atom is 0.325 e. The second-order valence-electron chi connectivity index (χ2n) is 3.61. The van der Waals surface area contributed by atoms with Crippen molar-refractivity contribution in [3.8, 4) is 5.88 Å². The Bertz CT molecular complexity index is 701. The standard InChI is InChI=1S/C11H8BrFN2O4/c12-6-1-2-7-8(3-6)10(19-5-13)14-15(11(7)18)4-9(16)17/h1-3H,4-5H2,(H,16,17). The molecule has 19 heavy (non-hydrogen) atoms. The number of aromatic nitrogens is 2. The summed E-state index contributed by atoms with van der Waals surface area (Å²) in [5.74, 6) is -1.35. The third-order valence-electron chi connectivity index (χ3n) is 2.36. The van der Waals surface area contributed by atoms with Crippen molar-refractivity contribution in [3.05, 3.63) is 33.0 Å². The van der Waals surface area contributed by atoms with Gasteiger partial charge in [0, 0.05) is 4.47 Å². The number of alkyl halides is 1. The first-order valence-electron chi connectivity index (χ1n) is 5.14. The number of carbonyl (C=O) groups is 1. The van der Waals surface area contributed by atoms with Crippen LogP contribution in [0.1, 0.15) is 0 Å². The second-order valence-corrected chi connectivity index (χ2v) is 4.52. The van der Waals surface area contributed by atoms with Gasteiger partial charge in [0.05, 0.1) is 10.8 Å². The summed E-state index contributed by atoms with van der Waals surface area (Å²) in [5.41, 5.74) is -0.573. The first kappa shape index (κ1) is 13.5. The molecule has 0 unspecified atom stereocenters. The highest BCUT2D eigenvalue weighted by atomic mass is 79.9. The quantitative estimate of drug-likeness (QED) is 0.919. The summed E-state index contributed by atoms with van der Waals surface area (Å²) >= 11 is 3.22. The lowest BCUT2D eigenvalue weighted by atomic mass is 10.2. The number of ether oxygens (including phenoxy) is 1. The van der Waals surface area contributed by atoms with Gasteiger partial charge in [0.25, 0.3) is 5.56 Å². The third-order valence-corrected chi connectivity index (χ3v) is 2.86. The van der Waals surface area contributed by atoms with Crippen molar-refractivity contribution in [2.24, 2.45) is 0 Å². The number of halogens is 2. The van der Waals surface area contributed by atoms with Gasteiger partial charge in [0.1, 0.15) is 6.54 Å². The molecule has 2 aromatic rings. The fourth-order valence-electron chi connectivity index (χ4n) is 1.62. The zero-order chi connectivity index (χ0) is 14.0. The fourth-order valence-corrected chi connectivity index (χ4v) is 1.98. The minimum Gasteiger partial charge on any atom is -0.480 e. The molecule has 0 bridgehead atoms. The minimum atomic E-state index is -1.22. The molecule has 0 aliphatic carbocycles. The van der Waals surface area contributed by atoms with Crippen molar-refractivity contribution in [2.75, 3.05) is 6.86 Å². The Morgan fingerprint density at radius 3 is 2.84 bits per heavy atom. The Labute approximate surface area is 114 Å². The molecular weight excluding hydrogens is 323 g/mol. The summed E-state index contributed by atoms with van der Waals surface area (Å²) in [5, 5.41) is 12.9. The number of rotatable bonds is 4. The monoisotopic (exact) mass is 330 g/mol. The zero-order valence-electron chi connectivity index (χ0n) is 9.47. The number of hydrogen-bond donors (Lipinski definition) is 1. The number of aliphatic carboxylic acids is 1. The van der Waals surface area contributed by atoms with Crippen molar-refractivity contribution in [1.82, 2.24) is 9.78 Å². The van der Waals surface area contributed by atoms with Gasteiger partial charge in [-0.05, 0) is 18.2 Å². The van der Waals surface area contributed by atoms with Crippen LogP contribution in [0.5, 0.6) is 5.88 Å². The van der Waals surface area contributed by atoms with Crippen molar-refractivity contribution in [3.63, 3.8) is 0 Å². The maximum absolute atomic E-state index is 12.3. The van der Waals surface area contributed by atoms with E-state index in [-0.39, 0.29) is 11.3 Å². The molecule has 0 aliphatic heterocycles. The number of hydrogen-bond acceptors (Lipinski definition) is 4. The van der Waals surface area contributed by atoms with Crippen molar-refractivity contribution in [1.29, 1.82) is 0 Å². The predicted molar refractivity (Wildman–Crippen MR) is 67.9 cm³/mol. The molecule has 100 valence electrons. The van der Waals surface area contributed by atoms with Crippen molar-refractivity contribution < 1.29 is 19.0 Å². The van der Waals surface area contributed by atoms with Crippen LogP contribution >= 0.6 is 15.9 Å². The molecule has 0 aliphatic rings. The predicted octanol–water partition coefficient (Wildman–Crippen LogP) is 1.55. The third kappa shape index (κ3) is 2.73. The van der Waals surface area contributed by atoms with E-state index in [4.69, 9.17) is 9.84 Å². The highest BCUT2D eigenvalue weighted by Crippen LogP contribution is 2.24. The van der Waals surface area contributed by atoms with E-state index in [1.54, 1.807) is 12.1 Å². The van der Waals surface area contributed by atoms with E-state index < -0.39 is 24.9 Å². The van der Waals surface area contributed by atoms with Gasteiger partial charge in [0.15, 0.2) is 0 Å². The summed E-state index contributed by atoms with van der Waals surface area (Å²) in [4.78, 5) is 22.7. The molecule has 1 N–H and O–H groups in total. The SMILES string of the molecule is O=C(O)Cn1nc(OCF)c2cc(Br)ccc2c1=O. The van der Waals surface area contributed by atoms with Gasteiger partial charge >= 0.3 is 5.97 Å². The Morgan fingerprint density at radius 1 is 1.47 bits per heavy atom. The Kier molecular flexibility index (Phi) is 3.79. The van der Waals surface area contributed by atoms with Gasteiger partial charge in [-0.3, -0.25) is 9.59 Å². The van der Waals surface area contributed by atoms with Crippen LogP contribution in [0.2, 0.25) is 0 Å². The summed E-state index contributed by atoms with van der Waals surface area (Å²) in [6.45, 7) is -1.74. The number of carboxylic acids is 1. The molecule has 0 amide bonds. The van der Waals surface area contributed by atoms with Gasteiger partial charge in [-0.15, -0.1) is 5.10 Å². The van der Waals surface area contributed by atoms with Gasteiger partial charge in [-0.2, -0.15) is 0 Å². The molecular formula is C11H8BrFN2O4. The number of nitrogens with zero attached hydrogens (tertiary/aromatic N) is 2. The van der Waals surface area contributed by atoms with E-state index in [0.29, 0.717) is 9.86 Å². The molecule has 0 spiro atoms. The van der Waals surface area contributed by atoms with Crippen LogP contribution in [0.4, 0.5) is 4.39 Å². The molecule has 2 rings (SSSR count). The molecule has 0 saturated carbocycles. The van der Waals surface area contributed by atoms with Gasteiger partial charge < -0.3 is 9.84 Å². The topological polar surface area (TPSA) is 81.4 Å². The molecule has 0 fully saturated rings. The average molecular weight is 331 g/mol. The number of fused-ring (bicyclic) bond motifs is 1. The van der Waals surface area contributed by atoms with E-state index in [0.717, 1.165) is 4.68 Å². The van der Waals surface area contributed by atoms with Gasteiger partial charge in [-0.25, -0.2) is 9.07 Å². The molecule has 0 saturated heterocycles. The largest absolute Gasteiger partial charge is 0.480 e. The summed E-state index contributed by atoms with van der Waals surface area (Å²) < 4.78 is 18.4. The van der Waals surface area contributed by atoms with Gasteiger partial charge in [0.2, 0.25) is 12.7 Å². The van der Waals surface area contributed by atoms with E-state index in [2.05, 4.69) is 21.0 Å². The smallest absolute Gasteiger partial charge is 0.325 e. The van der Waals surface area contributed by atoms with E-state index in [1.807, 2.05) is 0 Å². The van der Waals surface area contributed by atoms with Crippen LogP contribution in [-0.2, 0) is 11.3 Å². The lowest BCUT2D eigenvalue weighted by molar-refractivity contribution is -0.138. The Hall–Kier alpha value is -1.96. The van der Waals surface area contributed by atoms with E-state index in [9.17, 15) is 14.0 Å². The zero-order valence-corrected chi connectivity index (χ0v) is 11.1. The highest BCUT2D eigenvalue weighted by molar-refractivity contribution is 9.10. The van der Waals surface area contributed by atoms with E-state index >= 15 is 0 Å².